The molecule has 3 rings (SSSR count). The van der Waals surface area contributed by atoms with E-state index in [2.05, 4.69) is 44.0 Å². The third kappa shape index (κ3) is 4.93. The first-order valence-electron chi connectivity index (χ1n) is 8.58. The summed E-state index contributed by atoms with van der Waals surface area (Å²) in [5.74, 6) is 1.18. The van der Waals surface area contributed by atoms with Crippen LogP contribution in [0.3, 0.4) is 0 Å². The molecule has 3 aromatic rings. The molecule has 1 atom stereocenters. The van der Waals surface area contributed by atoms with Crippen molar-refractivity contribution in [2.24, 2.45) is 5.92 Å². The third-order valence-corrected chi connectivity index (χ3v) is 5.17. The topological polar surface area (TPSA) is 91.2 Å². The van der Waals surface area contributed by atoms with E-state index < -0.39 is 0 Å². The van der Waals surface area contributed by atoms with E-state index in [4.69, 9.17) is 5.26 Å². The van der Waals surface area contributed by atoms with Crippen LogP contribution in [0.25, 0.3) is 11.4 Å². The van der Waals surface area contributed by atoms with Gasteiger partial charge in [-0.15, -0.1) is 10.2 Å². The second-order valence-electron chi connectivity index (χ2n) is 5.95. The molecule has 0 aliphatic heterocycles. The van der Waals surface area contributed by atoms with Crippen LogP contribution in [0, 0.1) is 28.6 Å². The molecular weight excluding hydrogens is 356 g/mol. The Morgan fingerprint density at radius 1 is 1.04 bits per heavy atom. The van der Waals surface area contributed by atoms with Crippen molar-refractivity contribution in [3.8, 4) is 23.5 Å². The largest absolute Gasteiger partial charge is 0.298 e. The summed E-state index contributed by atoms with van der Waals surface area (Å²) < 4.78 is 2.06. The molecule has 2 heterocycles. The molecule has 7 heteroatoms. The van der Waals surface area contributed by atoms with Gasteiger partial charge in [0.15, 0.2) is 11.0 Å². The zero-order valence-corrected chi connectivity index (χ0v) is 15.5. The lowest BCUT2D eigenvalue weighted by atomic mass is 10.1. The molecule has 0 unspecified atom stereocenters. The van der Waals surface area contributed by atoms with Gasteiger partial charge in [0.05, 0.1) is 24.6 Å². The normalized spacial score (nSPS) is 11.5. The van der Waals surface area contributed by atoms with Crippen LogP contribution < -0.4 is 0 Å². The minimum absolute atomic E-state index is 0.180. The zero-order chi connectivity index (χ0) is 18.9. The van der Waals surface area contributed by atoms with Crippen LogP contribution in [-0.2, 0) is 6.54 Å². The summed E-state index contributed by atoms with van der Waals surface area (Å²) in [5, 5.41) is 27.5. The van der Waals surface area contributed by atoms with Crippen molar-refractivity contribution in [1.82, 2.24) is 19.7 Å². The molecule has 0 N–H and O–H groups in total. The second-order valence-corrected chi connectivity index (χ2v) is 6.93. The molecule has 0 saturated carbocycles. The first kappa shape index (κ1) is 18.6. The molecule has 27 heavy (non-hydrogen) atoms. The van der Waals surface area contributed by atoms with Gasteiger partial charge in [0, 0.05) is 30.1 Å². The van der Waals surface area contributed by atoms with E-state index in [1.165, 1.54) is 11.8 Å². The van der Waals surface area contributed by atoms with Crippen LogP contribution in [0.5, 0.6) is 0 Å². The van der Waals surface area contributed by atoms with E-state index in [0.717, 1.165) is 22.1 Å². The predicted molar refractivity (Wildman–Crippen MR) is 103 cm³/mol. The monoisotopic (exact) mass is 374 g/mol. The summed E-state index contributed by atoms with van der Waals surface area (Å²) in [6.45, 7) is 0.642. The molecule has 0 fully saturated rings. The first-order chi connectivity index (χ1) is 13.3. The fourth-order valence-electron chi connectivity index (χ4n) is 2.62. The minimum Gasteiger partial charge on any atom is -0.298 e. The average molecular weight is 374 g/mol. The quantitative estimate of drug-likeness (QED) is 0.555. The zero-order valence-electron chi connectivity index (χ0n) is 14.7. The third-order valence-electron chi connectivity index (χ3n) is 4.04. The Morgan fingerprint density at radius 3 is 2.52 bits per heavy atom. The van der Waals surface area contributed by atoms with Crippen molar-refractivity contribution in [1.29, 1.82) is 10.5 Å². The van der Waals surface area contributed by atoms with Gasteiger partial charge in [-0.25, -0.2) is 0 Å². The summed E-state index contributed by atoms with van der Waals surface area (Å²) in [6, 6.07) is 18.3. The maximum absolute atomic E-state index is 9.30. The SMILES string of the molecule is N#CCC[C@@H](C#N)CSc1nnc(-c2ccncc2)n1Cc1ccccc1. The standard InChI is InChI=1S/C20H18N6S/c21-10-4-7-17(13-22)15-27-20-25-24-19(18-8-11-23-12-9-18)26(20)14-16-5-2-1-3-6-16/h1-3,5-6,8-9,11-12,17H,4,7,14-15H2/t17-/m0/s1. The molecule has 134 valence electrons. The highest BCUT2D eigenvalue weighted by Gasteiger charge is 2.17. The van der Waals surface area contributed by atoms with E-state index in [0.29, 0.717) is 25.1 Å². The van der Waals surface area contributed by atoms with E-state index in [-0.39, 0.29) is 5.92 Å². The first-order valence-corrected chi connectivity index (χ1v) is 9.57. The van der Waals surface area contributed by atoms with Crippen molar-refractivity contribution in [3.63, 3.8) is 0 Å². The van der Waals surface area contributed by atoms with Gasteiger partial charge in [-0.05, 0) is 24.1 Å². The van der Waals surface area contributed by atoms with Crippen molar-refractivity contribution in [2.45, 2.75) is 24.5 Å². The van der Waals surface area contributed by atoms with Gasteiger partial charge in [0.2, 0.25) is 0 Å². The maximum atomic E-state index is 9.30. The predicted octanol–water partition coefficient (Wildman–Crippen LogP) is 3.92. The Labute approximate surface area is 162 Å². The Balaban J connectivity index is 1.86. The van der Waals surface area contributed by atoms with E-state index in [1.54, 1.807) is 12.4 Å². The number of benzene rings is 1. The summed E-state index contributed by atoms with van der Waals surface area (Å²) >= 11 is 1.51. The lowest BCUT2D eigenvalue weighted by molar-refractivity contribution is 0.677. The molecule has 0 saturated heterocycles. The highest BCUT2D eigenvalue weighted by molar-refractivity contribution is 7.99. The molecule has 0 aliphatic rings. The van der Waals surface area contributed by atoms with Crippen LogP contribution in [0.4, 0.5) is 0 Å². The highest BCUT2D eigenvalue weighted by atomic mass is 32.2. The lowest BCUT2D eigenvalue weighted by Crippen LogP contribution is -2.06. The number of nitrogens with zero attached hydrogens (tertiary/aromatic N) is 6. The fourth-order valence-corrected chi connectivity index (χ4v) is 3.61. The second kappa shape index (κ2) is 9.51. The number of rotatable bonds is 8. The summed E-state index contributed by atoms with van der Waals surface area (Å²) in [6.07, 6.45) is 4.43. The maximum Gasteiger partial charge on any atom is 0.191 e. The summed E-state index contributed by atoms with van der Waals surface area (Å²) in [5.41, 5.74) is 2.09. The molecule has 0 aliphatic carbocycles. The van der Waals surface area contributed by atoms with E-state index in [9.17, 15) is 5.26 Å². The van der Waals surface area contributed by atoms with Gasteiger partial charge in [-0.3, -0.25) is 9.55 Å². The molecule has 1 aromatic carbocycles. The number of hydrogen-bond acceptors (Lipinski definition) is 6. The van der Waals surface area contributed by atoms with Crippen molar-refractivity contribution in [3.05, 3.63) is 60.4 Å². The molecule has 0 radical (unpaired) electrons. The van der Waals surface area contributed by atoms with E-state index >= 15 is 0 Å². The van der Waals surface area contributed by atoms with Crippen LogP contribution in [0.15, 0.2) is 60.0 Å². The number of hydrogen-bond donors (Lipinski definition) is 0. The van der Waals surface area contributed by atoms with Gasteiger partial charge in [-0.1, -0.05) is 42.1 Å². The Kier molecular flexibility index (Phi) is 6.56. The smallest absolute Gasteiger partial charge is 0.191 e. The lowest BCUT2D eigenvalue weighted by Gasteiger charge is -2.11. The molecule has 2 aromatic heterocycles. The van der Waals surface area contributed by atoms with Gasteiger partial charge in [-0.2, -0.15) is 10.5 Å². The number of aromatic nitrogens is 4. The van der Waals surface area contributed by atoms with Gasteiger partial charge < -0.3 is 0 Å². The average Bonchev–Trinajstić information content (AvgIpc) is 3.12. The Bertz CT molecular complexity index is 940. The van der Waals surface area contributed by atoms with Gasteiger partial charge in [0.1, 0.15) is 0 Å². The van der Waals surface area contributed by atoms with E-state index in [1.807, 2.05) is 30.3 Å². The highest BCUT2D eigenvalue weighted by Crippen LogP contribution is 2.27. The molecular formula is C20H18N6S. The molecule has 6 nitrogen and oxygen atoms in total. The minimum atomic E-state index is -0.180. The Morgan fingerprint density at radius 2 is 1.81 bits per heavy atom. The number of thioether (sulfide) groups is 1. The van der Waals surface area contributed by atoms with Gasteiger partial charge in [0.25, 0.3) is 0 Å². The summed E-state index contributed by atoms with van der Waals surface area (Å²) in [4.78, 5) is 4.07. The molecule has 0 spiro atoms. The van der Waals surface area contributed by atoms with Crippen molar-refractivity contribution >= 4 is 11.8 Å². The number of nitriles is 2. The summed E-state index contributed by atoms with van der Waals surface area (Å²) in [7, 11) is 0. The van der Waals surface area contributed by atoms with Crippen LogP contribution in [0.2, 0.25) is 0 Å². The van der Waals surface area contributed by atoms with Crippen LogP contribution in [-0.4, -0.2) is 25.5 Å². The van der Waals surface area contributed by atoms with Crippen LogP contribution >= 0.6 is 11.8 Å². The fraction of sp³-hybridized carbons (Fsp3) is 0.250. The Hall–Kier alpha value is -3.16. The van der Waals surface area contributed by atoms with Crippen molar-refractivity contribution in [2.75, 3.05) is 5.75 Å². The van der Waals surface area contributed by atoms with Gasteiger partial charge >= 0.3 is 0 Å². The molecule has 0 amide bonds. The van der Waals surface area contributed by atoms with Crippen LogP contribution in [0.1, 0.15) is 18.4 Å². The van der Waals surface area contributed by atoms with Crippen molar-refractivity contribution < 1.29 is 0 Å². The molecule has 0 bridgehead atoms. The number of pyridine rings is 1.